The number of sulfonamides is 1. The maximum atomic E-state index is 13.0. The Bertz CT molecular complexity index is 1350. The second kappa shape index (κ2) is 8.09. The zero-order chi connectivity index (χ0) is 22.2. The molecular weight excluding hydrogens is 416 g/mol. The van der Waals surface area contributed by atoms with Gasteiger partial charge in [-0.1, -0.05) is 13.0 Å². The average Bonchev–Trinajstić information content (AvgIpc) is 2.74. The number of fused-ring (bicyclic) bond motifs is 1. The number of hydrogen-bond acceptors (Lipinski definition) is 7. The second-order valence-electron chi connectivity index (χ2n) is 7.93. The molecule has 0 aliphatic heterocycles. The molecule has 4 rings (SSSR count). The highest BCUT2D eigenvalue weighted by Gasteiger charge is 2.24. The summed E-state index contributed by atoms with van der Waals surface area (Å²) in [5.41, 5.74) is 0.607. The zero-order valence-electron chi connectivity index (χ0n) is 16.9. The maximum Gasteiger partial charge on any atom is 0.270 e. The summed E-state index contributed by atoms with van der Waals surface area (Å²) in [6.07, 6.45) is 5.25. The number of anilines is 2. The third-order valence-electron chi connectivity index (χ3n) is 5.66. The van der Waals surface area contributed by atoms with E-state index in [0.29, 0.717) is 22.6 Å². The third kappa shape index (κ3) is 4.28. The largest absolute Gasteiger partial charge is 0.324 e. The summed E-state index contributed by atoms with van der Waals surface area (Å²) in [7, 11) is -3.85. The number of pyridine rings is 1. The zero-order valence-corrected chi connectivity index (χ0v) is 17.8. The van der Waals surface area contributed by atoms with Gasteiger partial charge in [0.2, 0.25) is 16.0 Å². The third-order valence-corrected chi connectivity index (χ3v) is 6.57. The first-order valence-corrected chi connectivity index (χ1v) is 11.5. The van der Waals surface area contributed by atoms with E-state index in [9.17, 15) is 18.5 Å². The summed E-state index contributed by atoms with van der Waals surface area (Å²) in [5, 5.41) is 18.2. The SMILES string of the molecule is CC1CCC(n2c(=O)c(C#N)cc3cnc(Nc4cccc(S(N)(=O)=O)c4)nc32)CC1. The van der Waals surface area contributed by atoms with Crippen molar-refractivity contribution in [2.24, 2.45) is 11.1 Å². The Balaban J connectivity index is 1.79. The minimum absolute atomic E-state index is 0.0343. The van der Waals surface area contributed by atoms with E-state index in [4.69, 9.17) is 5.14 Å². The topological polar surface area (TPSA) is 144 Å². The van der Waals surface area contributed by atoms with Crippen LogP contribution in [0.15, 0.2) is 46.2 Å². The first-order valence-electron chi connectivity index (χ1n) is 9.98. The lowest BCUT2D eigenvalue weighted by atomic mass is 9.87. The fraction of sp³-hybridized carbons (Fsp3) is 0.333. The molecule has 1 fully saturated rings. The van der Waals surface area contributed by atoms with Crippen molar-refractivity contribution >= 4 is 32.7 Å². The van der Waals surface area contributed by atoms with Crippen molar-refractivity contribution in [1.29, 1.82) is 5.26 Å². The number of hydrogen-bond donors (Lipinski definition) is 2. The standard InChI is InChI=1S/C21H22N6O3S/c1-13-5-7-17(8-6-13)27-19-15(9-14(11-22)20(27)28)12-24-21(26-19)25-16-3-2-4-18(10-16)31(23,29)30/h2-4,9-10,12-13,17H,5-8H2,1H3,(H2,23,29,30)(H,24,25,26). The van der Waals surface area contributed by atoms with Crippen LogP contribution in [-0.2, 0) is 10.0 Å². The van der Waals surface area contributed by atoms with Gasteiger partial charge >= 0.3 is 0 Å². The van der Waals surface area contributed by atoms with E-state index in [1.807, 2.05) is 6.07 Å². The number of primary sulfonamides is 1. The van der Waals surface area contributed by atoms with Crippen molar-refractivity contribution < 1.29 is 8.42 Å². The highest BCUT2D eigenvalue weighted by molar-refractivity contribution is 7.89. The first kappa shape index (κ1) is 21.0. The van der Waals surface area contributed by atoms with Crippen molar-refractivity contribution in [2.45, 2.75) is 43.5 Å². The van der Waals surface area contributed by atoms with Gasteiger partial charge in [-0.05, 0) is 55.9 Å². The molecule has 0 radical (unpaired) electrons. The van der Waals surface area contributed by atoms with Crippen LogP contribution in [0, 0.1) is 17.2 Å². The average molecular weight is 439 g/mol. The molecule has 1 aliphatic rings. The highest BCUT2D eigenvalue weighted by atomic mass is 32.2. The van der Waals surface area contributed by atoms with Crippen molar-refractivity contribution in [1.82, 2.24) is 14.5 Å². The smallest absolute Gasteiger partial charge is 0.270 e. The Kier molecular flexibility index (Phi) is 5.47. The molecule has 9 nitrogen and oxygen atoms in total. The Hall–Kier alpha value is -3.29. The van der Waals surface area contributed by atoms with E-state index in [1.54, 1.807) is 22.9 Å². The van der Waals surface area contributed by atoms with Gasteiger partial charge in [-0.25, -0.2) is 18.5 Å². The lowest BCUT2D eigenvalue weighted by Gasteiger charge is -2.28. The van der Waals surface area contributed by atoms with Crippen molar-refractivity contribution in [3.63, 3.8) is 0 Å². The quantitative estimate of drug-likeness (QED) is 0.637. The van der Waals surface area contributed by atoms with Gasteiger partial charge in [0, 0.05) is 23.3 Å². The molecule has 31 heavy (non-hydrogen) atoms. The predicted octanol–water partition coefficient (Wildman–Crippen LogP) is 2.81. The number of rotatable bonds is 4. The molecule has 1 saturated carbocycles. The first-order chi connectivity index (χ1) is 14.8. The summed E-state index contributed by atoms with van der Waals surface area (Å²) < 4.78 is 24.8. The van der Waals surface area contributed by atoms with Crippen molar-refractivity contribution in [3.8, 4) is 6.07 Å². The number of nitriles is 1. The summed E-state index contributed by atoms with van der Waals surface area (Å²) in [4.78, 5) is 21.8. The Morgan fingerprint density at radius 3 is 2.65 bits per heavy atom. The van der Waals surface area contributed by atoms with Gasteiger partial charge in [-0.3, -0.25) is 9.36 Å². The van der Waals surface area contributed by atoms with Crippen LogP contribution in [0.3, 0.4) is 0 Å². The molecule has 0 amide bonds. The van der Waals surface area contributed by atoms with Crippen LogP contribution in [0.1, 0.15) is 44.2 Å². The van der Waals surface area contributed by atoms with Gasteiger partial charge in [-0.2, -0.15) is 10.2 Å². The van der Waals surface area contributed by atoms with E-state index in [0.717, 1.165) is 25.7 Å². The van der Waals surface area contributed by atoms with Crippen molar-refractivity contribution in [3.05, 3.63) is 52.4 Å². The Labute approximate surface area is 179 Å². The lowest BCUT2D eigenvalue weighted by molar-refractivity contribution is 0.289. The van der Waals surface area contributed by atoms with Gasteiger partial charge < -0.3 is 5.32 Å². The molecule has 10 heteroatoms. The van der Waals surface area contributed by atoms with Crippen LogP contribution in [-0.4, -0.2) is 23.0 Å². The van der Waals surface area contributed by atoms with Gasteiger partial charge in [0.15, 0.2) is 0 Å². The summed E-state index contributed by atoms with van der Waals surface area (Å²) in [6, 6.07) is 9.45. The number of nitrogens with zero attached hydrogens (tertiary/aromatic N) is 4. The van der Waals surface area contributed by atoms with Gasteiger partial charge in [0.05, 0.1) is 4.90 Å². The minimum Gasteiger partial charge on any atom is -0.324 e. The fourth-order valence-electron chi connectivity index (χ4n) is 3.98. The van der Waals surface area contributed by atoms with E-state index in [1.165, 1.54) is 18.2 Å². The summed E-state index contributed by atoms with van der Waals surface area (Å²) in [5.74, 6) is 0.816. The molecule has 0 spiro atoms. The molecule has 160 valence electrons. The Morgan fingerprint density at radius 2 is 1.97 bits per heavy atom. The van der Waals surface area contributed by atoms with E-state index in [-0.39, 0.29) is 28.0 Å². The van der Waals surface area contributed by atoms with Crippen molar-refractivity contribution in [2.75, 3.05) is 5.32 Å². The number of nitrogens with one attached hydrogen (secondary N) is 1. The second-order valence-corrected chi connectivity index (χ2v) is 9.49. The van der Waals surface area contributed by atoms with Crippen LogP contribution >= 0.6 is 0 Å². The molecule has 0 saturated heterocycles. The molecule has 0 unspecified atom stereocenters. The van der Waals surface area contributed by atoms with Crippen LogP contribution in [0.2, 0.25) is 0 Å². The van der Waals surface area contributed by atoms with Crippen LogP contribution in [0.25, 0.3) is 11.0 Å². The predicted molar refractivity (Wildman–Crippen MR) is 116 cm³/mol. The van der Waals surface area contributed by atoms with E-state index < -0.39 is 10.0 Å². The minimum atomic E-state index is -3.85. The van der Waals surface area contributed by atoms with Crippen LogP contribution in [0.4, 0.5) is 11.6 Å². The molecule has 0 atom stereocenters. The molecule has 2 aromatic heterocycles. The molecule has 0 bridgehead atoms. The van der Waals surface area contributed by atoms with Gasteiger partial charge in [0.25, 0.3) is 5.56 Å². The molecular formula is C21H22N6O3S. The van der Waals surface area contributed by atoms with Gasteiger partial charge in [-0.15, -0.1) is 0 Å². The number of aromatic nitrogens is 3. The normalized spacial score (nSPS) is 19.1. The molecule has 2 heterocycles. The Morgan fingerprint density at radius 1 is 1.23 bits per heavy atom. The fourth-order valence-corrected chi connectivity index (χ4v) is 4.54. The summed E-state index contributed by atoms with van der Waals surface area (Å²) in [6.45, 7) is 2.20. The number of benzene rings is 1. The molecule has 3 aromatic rings. The van der Waals surface area contributed by atoms with Crippen LogP contribution in [0.5, 0.6) is 0 Å². The summed E-state index contributed by atoms with van der Waals surface area (Å²) >= 11 is 0. The molecule has 3 N–H and O–H groups in total. The molecule has 1 aliphatic carbocycles. The number of nitrogens with two attached hydrogens (primary N) is 1. The van der Waals surface area contributed by atoms with E-state index >= 15 is 0 Å². The van der Waals surface area contributed by atoms with Gasteiger partial charge in [0.1, 0.15) is 17.3 Å². The van der Waals surface area contributed by atoms with Crippen LogP contribution < -0.4 is 16.0 Å². The maximum absolute atomic E-state index is 13.0. The monoisotopic (exact) mass is 438 g/mol. The highest BCUT2D eigenvalue weighted by Crippen LogP contribution is 2.32. The van der Waals surface area contributed by atoms with E-state index in [2.05, 4.69) is 22.2 Å². The molecule has 1 aromatic carbocycles. The lowest BCUT2D eigenvalue weighted by Crippen LogP contribution is -2.30.